The van der Waals surface area contributed by atoms with Crippen molar-refractivity contribution in [1.82, 2.24) is 4.90 Å². The summed E-state index contributed by atoms with van der Waals surface area (Å²) in [7, 11) is 0. The van der Waals surface area contributed by atoms with Crippen LogP contribution in [0.1, 0.15) is 12.2 Å². The highest BCUT2D eigenvalue weighted by Crippen LogP contribution is 2.20. The molecule has 0 aromatic carbocycles. The Morgan fingerprint density at radius 1 is 1.50 bits per heavy atom. The summed E-state index contributed by atoms with van der Waals surface area (Å²) in [5, 5.41) is 8.59. The van der Waals surface area contributed by atoms with Gasteiger partial charge >= 0.3 is 5.97 Å². The van der Waals surface area contributed by atoms with E-state index in [-0.39, 0.29) is 18.2 Å². The van der Waals surface area contributed by atoms with Gasteiger partial charge in [-0.05, 0) is 34.1 Å². The number of hydrogen-bond donors (Lipinski definition) is 1. The van der Waals surface area contributed by atoms with Crippen LogP contribution >= 0.6 is 15.9 Å². The molecule has 0 aliphatic carbocycles. The summed E-state index contributed by atoms with van der Waals surface area (Å²) in [6, 6.07) is 3.49. The lowest BCUT2D eigenvalue weighted by Crippen LogP contribution is -2.49. The Bertz CT molecular complexity index is 488. The van der Waals surface area contributed by atoms with Crippen molar-refractivity contribution in [2.45, 2.75) is 6.42 Å². The van der Waals surface area contributed by atoms with Gasteiger partial charge in [-0.3, -0.25) is 9.59 Å². The zero-order valence-corrected chi connectivity index (χ0v) is 11.1. The summed E-state index contributed by atoms with van der Waals surface area (Å²) < 4.78 is 5.83. The first-order valence-corrected chi connectivity index (χ1v) is 6.28. The number of rotatable bonds is 4. The van der Waals surface area contributed by atoms with Crippen LogP contribution in [-0.4, -0.2) is 35.0 Å². The van der Waals surface area contributed by atoms with Crippen LogP contribution in [0.4, 0.5) is 0 Å². The van der Waals surface area contributed by atoms with Crippen LogP contribution in [-0.2, 0) is 9.59 Å². The van der Waals surface area contributed by atoms with Gasteiger partial charge in [-0.2, -0.15) is 0 Å². The Labute approximate surface area is 112 Å². The average Bonchev–Trinajstić information content (AvgIpc) is 2.65. The van der Waals surface area contributed by atoms with Crippen molar-refractivity contribution in [3.8, 4) is 0 Å². The normalized spacial score (nSPS) is 15.9. The van der Waals surface area contributed by atoms with Gasteiger partial charge in [0.2, 0.25) is 5.91 Å². The second-order valence-corrected chi connectivity index (χ2v) is 4.96. The van der Waals surface area contributed by atoms with Gasteiger partial charge < -0.3 is 14.4 Å². The topological polar surface area (TPSA) is 70.8 Å². The molecule has 1 amide bonds. The van der Waals surface area contributed by atoms with Crippen LogP contribution in [0.5, 0.6) is 0 Å². The minimum absolute atomic E-state index is 0.0811. The quantitative estimate of drug-likeness (QED) is 0.863. The second kappa shape index (κ2) is 5.39. The van der Waals surface area contributed by atoms with E-state index in [1.165, 1.54) is 6.08 Å². The first kappa shape index (κ1) is 12.9. The largest absolute Gasteiger partial charge is 0.481 e. The van der Waals surface area contributed by atoms with E-state index >= 15 is 0 Å². The lowest BCUT2D eigenvalue weighted by molar-refractivity contribution is -0.143. The number of halogens is 1. The number of nitrogens with zero attached hydrogens (tertiary/aromatic N) is 1. The lowest BCUT2D eigenvalue weighted by atomic mass is 9.96. The number of carboxylic acid groups (broad SMARTS) is 1. The van der Waals surface area contributed by atoms with E-state index in [0.29, 0.717) is 23.5 Å². The number of carbonyl (C=O) groups is 2. The SMILES string of the molecule is O=C(O)CC1CN(C(=O)C=Cc2ccc(Br)o2)C1. The molecule has 2 rings (SSSR count). The van der Waals surface area contributed by atoms with Gasteiger partial charge in [0.1, 0.15) is 5.76 Å². The van der Waals surface area contributed by atoms with Gasteiger partial charge in [0.25, 0.3) is 0 Å². The van der Waals surface area contributed by atoms with Crippen LogP contribution in [0.15, 0.2) is 27.3 Å². The Morgan fingerprint density at radius 3 is 2.78 bits per heavy atom. The Balaban J connectivity index is 1.80. The van der Waals surface area contributed by atoms with Gasteiger partial charge in [-0.15, -0.1) is 0 Å². The van der Waals surface area contributed by atoms with Gasteiger partial charge in [-0.25, -0.2) is 0 Å². The maximum atomic E-state index is 11.7. The van der Waals surface area contributed by atoms with E-state index in [0.717, 1.165) is 0 Å². The number of carbonyl (C=O) groups excluding carboxylic acids is 1. The summed E-state index contributed by atoms with van der Waals surface area (Å²) in [6.07, 6.45) is 3.15. The molecular formula is C12H12BrNO4. The zero-order valence-electron chi connectivity index (χ0n) is 9.51. The van der Waals surface area contributed by atoms with E-state index in [4.69, 9.17) is 9.52 Å². The molecule has 6 heteroatoms. The van der Waals surface area contributed by atoms with Crippen molar-refractivity contribution in [2.75, 3.05) is 13.1 Å². The molecule has 96 valence electrons. The van der Waals surface area contributed by atoms with E-state index < -0.39 is 5.97 Å². The summed E-state index contributed by atoms with van der Waals surface area (Å²) in [4.78, 5) is 23.7. The fraction of sp³-hybridized carbons (Fsp3) is 0.333. The molecule has 2 heterocycles. The molecule has 0 radical (unpaired) electrons. The Kier molecular flexibility index (Phi) is 3.86. The van der Waals surface area contributed by atoms with Crippen molar-refractivity contribution in [3.05, 3.63) is 28.6 Å². The van der Waals surface area contributed by atoms with Crippen LogP contribution in [0.2, 0.25) is 0 Å². The molecule has 0 unspecified atom stereocenters. The summed E-state index contributed by atoms with van der Waals surface area (Å²) in [5.74, 6) is -0.261. The average molecular weight is 314 g/mol. The molecular weight excluding hydrogens is 302 g/mol. The van der Waals surface area contributed by atoms with E-state index in [1.54, 1.807) is 23.1 Å². The number of amides is 1. The third-order valence-corrected chi connectivity index (χ3v) is 3.14. The standard InChI is InChI=1S/C12H12BrNO4/c13-10-3-1-9(18-10)2-4-11(15)14-6-8(7-14)5-12(16)17/h1-4,8H,5-7H2,(H,16,17). The van der Waals surface area contributed by atoms with Crippen molar-refractivity contribution in [3.63, 3.8) is 0 Å². The molecule has 18 heavy (non-hydrogen) atoms. The lowest BCUT2D eigenvalue weighted by Gasteiger charge is -2.37. The summed E-state index contributed by atoms with van der Waals surface area (Å²) >= 11 is 3.17. The number of aliphatic carboxylic acids is 1. The molecule has 1 fully saturated rings. The zero-order chi connectivity index (χ0) is 13.1. The smallest absolute Gasteiger partial charge is 0.303 e. The molecule has 0 bridgehead atoms. The van der Waals surface area contributed by atoms with Gasteiger partial charge in [-0.1, -0.05) is 0 Å². The van der Waals surface area contributed by atoms with Crippen molar-refractivity contribution in [1.29, 1.82) is 0 Å². The molecule has 1 N–H and O–H groups in total. The highest BCUT2D eigenvalue weighted by atomic mass is 79.9. The molecule has 1 saturated heterocycles. The fourth-order valence-electron chi connectivity index (χ4n) is 1.80. The van der Waals surface area contributed by atoms with E-state index in [1.807, 2.05) is 0 Å². The minimum Gasteiger partial charge on any atom is -0.481 e. The first-order valence-electron chi connectivity index (χ1n) is 5.48. The summed E-state index contributed by atoms with van der Waals surface area (Å²) in [6.45, 7) is 1.02. The molecule has 1 aliphatic rings. The van der Waals surface area contributed by atoms with Crippen molar-refractivity contribution in [2.24, 2.45) is 5.92 Å². The number of hydrogen-bond acceptors (Lipinski definition) is 3. The Morgan fingerprint density at radius 2 is 2.22 bits per heavy atom. The Hall–Kier alpha value is -1.56. The molecule has 1 aliphatic heterocycles. The highest BCUT2D eigenvalue weighted by Gasteiger charge is 2.30. The van der Waals surface area contributed by atoms with Crippen LogP contribution in [0, 0.1) is 5.92 Å². The minimum atomic E-state index is -0.817. The van der Waals surface area contributed by atoms with Crippen molar-refractivity contribution < 1.29 is 19.1 Å². The maximum Gasteiger partial charge on any atom is 0.303 e. The number of likely N-dealkylation sites (tertiary alicyclic amines) is 1. The van der Waals surface area contributed by atoms with Crippen LogP contribution in [0.3, 0.4) is 0 Å². The monoisotopic (exact) mass is 313 g/mol. The molecule has 0 spiro atoms. The predicted molar refractivity (Wildman–Crippen MR) is 67.8 cm³/mol. The summed E-state index contributed by atoms with van der Waals surface area (Å²) in [5.41, 5.74) is 0. The third kappa shape index (κ3) is 3.22. The van der Waals surface area contributed by atoms with E-state index in [9.17, 15) is 9.59 Å². The van der Waals surface area contributed by atoms with Crippen molar-refractivity contribution >= 4 is 33.9 Å². The number of furan rings is 1. The molecule has 0 atom stereocenters. The number of carboxylic acids is 1. The van der Waals surface area contributed by atoms with Gasteiger partial charge in [0.05, 0.1) is 6.42 Å². The maximum absolute atomic E-state index is 11.7. The van der Waals surface area contributed by atoms with E-state index in [2.05, 4.69) is 15.9 Å². The van der Waals surface area contributed by atoms with Crippen LogP contribution in [0.25, 0.3) is 6.08 Å². The second-order valence-electron chi connectivity index (χ2n) is 4.18. The molecule has 0 saturated carbocycles. The first-order chi connectivity index (χ1) is 8.54. The fourth-order valence-corrected chi connectivity index (χ4v) is 2.12. The predicted octanol–water partition coefficient (Wildman–Crippen LogP) is 1.99. The third-order valence-electron chi connectivity index (χ3n) is 2.72. The van der Waals surface area contributed by atoms with Gasteiger partial charge in [0.15, 0.2) is 4.67 Å². The molecule has 5 nitrogen and oxygen atoms in total. The molecule has 1 aromatic heterocycles. The molecule has 1 aromatic rings. The highest BCUT2D eigenvalue weighted by molar-refractivity contribution is 9.10. The van der Waals surface area contributed by atoms with Gasteiger partial charge in [0, 0.05) is 25.1 Å². The van der Waals surface area contributed by atoms with Crippen LogP contribution < -0.4 is 0 Å².